The number of phosphoric ester groups is 1. The van der Waals surface area contributed by atoms with Crippen molar-refractivity contribution in [2.24, 2.45) is 0 Å². The molecule has 0 aliphatic rings. The normalized spacial score (nSPS) is 15.5. The maximum absolute atomic E-state index is 12.8. The SMILES string of the molecule is CC/C=C\C/C=C\C/C=C\C/C=C\C/C=C\C/C=C\C/C=C\C/C=C\C/C=C\C/C=C\CCCCC(=O)NC(COP(=O)([O-])OCC[N+](C)(C)C)C(O)/C=C/CCCCCC. The third-order valence-corrected chi connectivity index (χ3v) is 10.1. The summed E-state index contributed by atoms with van der Waals surface area (Å²) in [5, 5.41) is 13.6. The minimum Gasteiger partial charge on any atom is -0.756 e. The summed E-state index contributed by atoms with van der Waals surface area (Å²) in [6, 6.07) is -0.916. The van der Waals surface area contributed by atoms with Gasteiger partial charge >= 0.3 is 0 Å². The largest absolute Gasteiger partial charge is 0.756 e. The van der Waals surface area contributed by atoms with Crippen molar-refractivity contribution in [1.82, 2.24) is 5.32 Å². The highest BCUT2D eigenvalue weighted by Gasteiger charge is 2.23. The zero-order valence-electron chi connectivity index (χ0n) is 38.8. The summed E-state index contributed by atoms with van der Waals surface area (Å²) in [5.41, 5.74) is 0. The first kappa shape index (κ1) is 57.6. The minimum atomic E-state index is -4.60. The van der Waals surface area contributed by atoms with Crippen LogP contribution in [0.4, 0.5) is 0 Å². The molecule has 0 aromatic rings. The second kappa shape index (κ2) is 42.0. The number of amides is 1. The molecule has 0 aromatic heterocycles. The maximum Gasteiger partial charge on any atom is 0.268 e. The van der Waals surface area contributed by atoms with E-state index in [1.165, 1.54) is 0 Å². The standard InChI is InChI=1S/C52H85N2O6P/c1-6-8-10-12-14-15-16-17-18-19-20-21-22-23-24-25-26-27-28-29-30-31-32-33-34-35-36-37-38-39-40-42-44-46-52(56)53-50(51(55)45-43-41-13-11-9-7-2)49-60-61(57,58)59-48-47-54(3,4)5/h8,10,14-15,17-18,20-21,23-24,26-27,29-30,32-33,35-36,38-39,43,45,50-51,55H,6-7,9,11-13,16,19,22,25,28,31,34,37,40-42,44,46-49H2,1-5H3,(H-,53,56,57,58)/b10-8-,15-14-,18-17-,21-20-,24-23-,27-26-,30-29-,33-32-,36-35-,39-38-,45-43+. The number of hydrogen-bond donors (Lipinski definition) is 2. The predicted molar refractivity (Wildman–Crippen MR) is 260 cm³/mol. The number of nitrogens with zero attached hydrogens (tertiary/aromatic N) is 1. The third kappa shape index (κ3) is 44.5. The Balaban J connectivity index is 4.22. The zero-order chi connectivity index (χ0) is 45.0. The molecule has 344 valence electrons. The summed E-state index contributed by atoms with van der Waals surface area (Å²) < 4.78 is 23.0. The average Bonchev–Trinajstić information content (AvgIpc) is 3.21. The Morgan fingerprint density at radius 3 is 1.43 bits per heavy atom. The lowest BCUT2D eigenvalue weighted by atomic mass is 10.1. The molecule has 0 saturated carbocycles. The molecular formula is C52H85N2O6P. The topological polar surface area (TPSA) is 108 Å². The van der Waals surface area contributed by atoms with Crippen molar-refractivity contribution in [2.45, 2.75) is 148 Å². The highest BCUT2D eigenvalue weighted by molar-refractivity contribution is 7.45. The molecule has 0 aliphatic heterocycles. The van der Waals surface area contributed by atoms with Gasteiger partial charge < -0.3 is 28.8 Å². The molecule has 0 rings (SSSR count). The molecule has 0 radical (unpaired) electrons. The average molecular weight is 865 g/mol. The number of quaternary nitrogens is 1. The van der Waals surface area contributed by atoms with Crippen LogP contribution in [0.3, 0.4) is 0 Å². The molecule has 1 amide bonds. The first-order valence-corrected chi connectivity index (χ1v) is 24.5. The molecule has 0 fully saturated rings. The van der Waals surface area contributed by atoms with Gasteiger partial charge in [-0.15, -0.1) is 0 Å². The number of nitrogens with one attached hydrogen (secondary N) is 1. The summed E-state index contributed by atoms with van der Waals surface area (Å²) in [6.45, 7) is 4.36. The Morgan fingerprint density at radius 1 is 0.590 bits per heavy atom. The van der Waals surface area contributed by atoms with Gasteiger partial charge in [0.15, 0.2) is 0 Å². The van der Waals surface area contributed by atoms with Crippen LogP contribution in [0.25, 0.3) is 0 Å². The number of unbranched alkanes of at least 4 members (excludes halogenated alkanes) is 6. The van der Waals surface area contributed by atoms with Crippen molar-refractivity contribution < 1.29 is 32.9 Å². The van der Waals surface area contributed by atoms with Crippen molar-refractivity contribution in [2.75, 3.05) is 40.9 Å². The van der Waals surface area contributed by atoms with Crippen LogP contribution in [0.2, 0.25) is 0 Å². The van der Waals surface area contributed by atoms with Gasteiger partial charge in [0.25, 0.3) is 7.82 Å². The van der Waals surface area contributed by atoms with Gasteiger partial charge in [-0.3, -0.25) is 9.36 Å². The fraction of sp³-hybridized carbons (Fsp3) is 0.558. The number of hydrogen-bond acceptors (Lipinski definition) is 6. The second-order valence-corrected chi connectivity index (χ2v) is 17.4. The van der Waals surface area contributed by atoms with E-state index in [1.807, 2.05) is 27.2 Å². The summed E-state index contributed by atoms with van der Waals surface area (Å²) >= 11 is 0. The Labute approximate surface area is 373 Å². The van der Waals surface area contributed by atoms with Gasteiger partial charge in [0.2, 0.25) is 5.91 Å². The smallest absolute Gasteiger partial charge is 0.268 e. The predicted octanol–water partition coefficient (Wildman–Crippen LogP) is 12.6. The van der Waals surface area contributed by atoms with E-state index in [0.29, 0.717) is 17.4 Å². The molecular weight excluding hydrogens is 780 g/mol. The highest BCUT2D eigenvalue weighted by atomic mass is 31.2. The van der Waals surface area contributed by atoms with Crippen LogP contribution >= 0.6 is 7.82 Å². The van der Waals surface area contributed by atoms with Crippen LogP contribution in [-0.4, -0.2) is 68.5 Å². The van der Waals surface area contributed by atoms with Gasteiger partial charge in [-0.05, 0) is 96.3 Å². The van der Waals surface area contributed by atoms with Gasteiger partial charge in [-0.25, -0.2) is 0 Å². The number of aliphatic hydroxyl groups excluding tert-OH is 1. The molecule has 0 heterocycles. The van der Waals surface area contributed by atoms with Gasteiger partial charge in [0.1, 0.15) is 13.2 Å². The van der Waals surface area contributed by atoms with Gasteiger partial charge in [0, 0.05) is 6.42 Å². The van der Waals surface area contributed by atoms with Crippen LogP contribution in [0.5, 0.6) is 0 Å². The lowest BCUT2D eigenvalue weighted by Crippen LogP contribution is -2.45. The summed E-state index contributed by atoms with van der Waals surface area (Å²) in [5.74, 6) is -0.254. The quantitative estimate of drug-likeness (QED) is 0.0276. The second-order valence-electron chi connectivity index (χ2n) is 16.0. The molecule has 0 aliphatic carbocycles. The number of aliphatic hydroxyl groups is 1. The van der Waals surface area contributed by atoms with Crippen molar-refractivity contribution in [3.63, 3.8) is 0 Å². The fourth-order valence-corrected chi connectivity index (χ4v) is 6.19. The number of rotatable bonds is 39. The summed E-state index contributed by atoms with van der Waals surface area (Å²) in [7, 11) is 1.20. The van der Waals surface area contributed by atoms with E-state index in [2.05, 4.69) is 141 Å². The van der Waals surface area contributed by atoms with E-state index in [-0.39, 0.29) is 18.9 Å². The Kier molecular flexibility index (Phi) is 39.7. The highest BCUT2D eigenvalue weighted by Crippen LogP contribution is 2.38. The number of allylic oxidation sites excluding steroid dienone is 21. The molecule has 3 unspecified atom stereocenters. The summed E-state index contributed by atoms with van der Waals surface area (Å²) in [6.07, 6.45) is 64.1. The Bertz CT molecular complexity index is 1440. The van der Waals surface area contributed by atoms with Crippen LogP contribution in [0.1, 0.15) is 136 Å². The zero-order valence-corrected chi connectivity index (χ0v) is 39.7. The lowest BCUT2D eigenvalue weighted by Gasteiger charge is -2.29. The molecule has 8 nitrogen and oxygen atoms in total. The molecule has 0 bridgehead atoms. The van der Waals surface area contributed by atoms with Crippen molar-refractivity contribution in [3.05, 3.63) is 134 Å². The first-order valence-electron chi connectivity index (χ1n) is 23.0. The van der Waals surface area contributed by atoms with E-state index >= 15 is 0 Å². The van der Waals surface area contributed by atoms with Crippen molar-refractivity contribution >= 4 is 13.7 Å². The fourth-order valence-electron chi connectivity index (χ4n) is 5.47. The molecule has 2 N–H and O–H groups in total. The van der Waals surface area contributed by atoms with Crippen LogP contribution in [-0.2, 0) is 18.4 Å². The van der Waals surface area contributed by atoms with E-state index in [0.717, 1.165) is 109 Å². The number of likely N-dealkylation sites (N-methyl/N-ethyl adjacent to an activating group) is 1. The number of carbonyl (C=O) groups excluding carboxylic acids is 1. The van der Waals surface area contributed by atoms with E-state index in [4.69, 9.17) is 9.05 Å². The molecule has 61 heavy (non-hydrogen) atoms. The number of phosphoric acid groups is 1. The lowest BCUT2D eigenvalue weighted by molar-refractivity contribution is -0.870. The molecule has 0 saturated heterocycles. The molecule has 0 spiro atoms. The Hall–Kier alpha value is -3.36. The van der Waals surface area contributed by atoms with E-state index < -0.39 is 26.6 Å². The maximum atomic E-state index is 12.8. The molecule has 3 atom stereocenters. The third-order valence-electron chi connectivity index (χ3n) is 9.12. The molecule has 9 heteroatoms. The van der Waals surface area contributed by atoms with Crippen molar-refractivity contribution in [3.8, 4) is 0 Å². The van der Waals surface area contributed by atoms with Crippen LogP contribution in [0, 0.1) is 0 Å². The number of carbonyl (C=O) groups is 1. The first-order chi connectivity index (χ1) is 29.5. The van der Waals surface area contributed by atoms with E-state index in [1.54, 1.807) is 6.08 Å². The monoisotopic (exact) mass is 865 g/mol. The van der Waals surface area contributed by atoms with Gasteiger partial charge in [0.05, 0.1) is 39.9 Å². The van der Waals surface area contributed by atoms with E-state index in [9.17, 15) is 19.4 Å². The Morgan fingerprint density at radius 2 is 1.00 bits per heavy atom. The van der Waals surface area contributed by atoms with Crippen LogP contribution in [0.15, 0.2) is 134 Å². The van der Waals surface area contributed by atoms with Crippen molar-refractivity contribution in [1.29, 1.82) is 0 Å². The van der Waals surface area contributed by atoms with Crippen LogP contribution < -0.4 is 10.2 Å². The summed E-state index contributed by atoms with van der Waals surface area (Å²) in [4.78, 5) is 25.1. The van der Waals surface area contributed by atoms with Gasteiger partial charge in [-0.1, -0.05) is 167 Å². The minimum absolute atomic E-state index is 0.0185. The molecule has 0 aromatic carbocycles. The van der Waals surface area contributed by atoms with Gasteiger partial charge in [-0.2, -0.15) is 0 Å².